The van der Waals surface area contributed by atoms with Crippen LogP contribution in [-0.2, 0) is 11.3 Å². The van der Waals surface area contributed by atoms with Crippen molar-refractivity contribution in [3.63, 3.8) is 0 Å². The smallest absolute Gasteiger partial charge is 0.220 e. The molecule has 0 saturated heterocycles. The first kappa shape index (κ1) is 17.2. The van der Waals surface area contributed by atoms with E-state index in [-0.39, 0.29) is 24.5 Å². The SMILES string of the molecule is COc1ccc(CNC(=O)CCC(=O)c2ccc(Br)cc2)cc1. The third kappa shape index (κ3) is 5.53. The van der Waals surface area contributed by atoms with Crippen LogP contribution >= 0.6 is 15.9 Å². The summed E-state index contributed by atoms with van der Waals surface area (Å²) in [6, 6.07) is 14.6. The van der Waals surface area contributed by atoms with E-state index in [1.807, 2.05) is 36.4 Å². The summed E-state index contributed by atoms with van der Waals surface area (Å²) in [5.41, 5.74) is 1.61. The number of methoxy groups -OCH3 is 1. The molecule has 0 spiro atoms. The van der Waals surface area contributed by atoms with Gasteiger partial charge in [-0.1, -0.05) is 40.2 Å². The molecule has 0 heterocycles. The van der Waals surface area contributed by atoms with Crippen molar-refractivity contribution in [1.29, 1.82) is 0 Å². The lowest BCUT2D eigenvalue weighted by Gasteiger charge is -2.06. The van der Waals surface area contributed by atoms with E-state index >= 15 is 0 Å². The molecule has 0 atom stereocenters. The minimum absolute atomic E-state index is 0.0305. The van der Waals surface area contributed by atoms with Gasteiger partial charge >= 0.3 is 0 Å². The molecule has 120 valence electrons. The van der Waals surface area contributed by atoms with E-state index < -0.39 is 0 Å². The number of carbonyl (C=O) groups is 2. The molecule has 1 N–H and O–H groups in total. The average Bonchev–Trinajstić information content (AvgIpc) is 2.59. The lowest BCUT2D eigenvalue weighted by Crippen LogP contribution is -2.23. The van der Waals surface area contributed by atoms with Crippen molar-refractivity contribution in [3.05, 3.63) is 64.1 Å². The number of amides is 1. The van der Waals surface area contributed by atoms with E-state index in [1.165, 1.54) is 0 Å². The van der Waals surface area contributed by atoms with Gasteiger partial charge in [0.25, 0.3) is 0 Å². The molecular weight excluding hydrogens is 358 g/mol. The minimum atomic E-state index is -0.133. The summed E-state index contributed by atoms with van der Waals surface area (Å²) in [5.74, 6) is 0.614. The van der Waals surface area contributed by atoms with Gasteiger partial charge in [-0.25, -0.2) is 0 Å². The number of carbonyl (C=O) groups excluding carboxylic acids is 2. The standard InChI is InChI=1S/C18H18BrNO3/c1-23-16-8-2-13(3-9-16)12-20-18(22)11-10-17(21)14-4-6-15(19)7-5-14/h2-9H,10-12H2,1H3,(H,20,22). The Bertz CT molecular complexity index is 666. The highest BCUT2D eigenvalue weighted by Crippen LogP contribution is 2.13. The fourth-order valence-electron chi connectivity index (χ4n) is 2.04. The zero-order valence-corrected chi connectivity index (χ0v) is 14.4. The van der Waals surface area contributed by atoms with E-state index in [2.05, 4.69) is 21.2 Å². The number of halogens is 1. The molecule has 0 unspecified atom stereocenters. The maximum atomic E-state index is 12.0. The van der Waals surface area contributed by atoms with Crippen LogP contribution in [0.4, 0.5) is 0 Å². The molecule has 1 amide bonds. The van der Waals surface area contributed by atoms with Crippen LogP contribution in [0.3, 0.4) is 0 Å². The Balaban J connectivity index is 1.76. The number of benzene rings is 2. The number of ether oxygens (including phenoxy) is 1. The molecule has 0 aromatic heterocycles. The number of hydrogen-bond acceptors (Lipinski definition) is 3. The predicted molar refractivity (Wildman–Crippen MR) is 92.5 cm³/mol. The van der Waals surface area contributed by atoms with Crippen molar-refractivity contribution >= 4 is 27.6 Å². The maximum Gasteiger partial charge on any atom is 0.220 e. The van der Waals surface area contributed by atoms with Crippen molar-refractivity contribution in [1.82, 2.24) is 5.32 Å². The van der Waals surface area contributed by atoms with Crippen molar-refractivity contribution < 1.29 is 14.3 Å². The normalized spacial score (nSPS) is 10.2. The van der Waals surface area contributed by atoms with Gasteiger partial charge in [-0.3, -0.25) is 9.59 Å². The molecule has 0 aliphatic heterocycles. The third-order valence-corrected chi connectivity index (χ3v) is 3.92. The average molecular weight is 376 g/mol. The molecule has 4 nitrogen and oxygen atoms in total. The first-order valence-corrected chi connectivity index (χ1v) is 8.06. The molecule has 0 saturated carbocycles. The van der Waals surface area contributed by atoms with E-state index in [0.717, 1.165) is 15.8 Å². The van der Waals surface area contributed by atoms with Gasteiger partial charge in [0.15, 0.2) is 5.78 Å². The Morgan fingerprint density at radius 3 is 2.26 bits per heavy atom. The van der Waals surface area contributed by atoms with Crippen molar-refractivity contribution in [2.45, 2.75) is 19.4 Å². The quantitative estimate of drug-likeness (QED) is 0.749. The molecule has 5 heteroatoms. The van der Waals surface area contributed by atoms with Gasteiger partial charge in [0, 0.05) is 29.4 Å². The van der Waals surface area contributed by atoms with Crippen LogP contribution < -0.4 is 10.1 Å². The number of Topliss-reactive ketones (excluding diaryl/α,β-unsaturated/α-hetero) is 1. The Hall–Kier alpha value is -2.14. The Morgan fingerprint density at radius 1 is 1.00 bits per heavy atom. The number of rotatable bonds is 7. The molecule has 2 aromatic rings. The third-order valence-electron chi connectivity index (χ3n) is 3.39. The molecule has 0 aliphatic rings. The van der Waals surface area contributed by atoms with Crippen LogP contribution in [0.2, 0.25) is 0 Å². The summed E-state index contributed by atoms with van der Waals surface area (Å²) < 4.78 is 6.00. The number of ketones is 1. The van der Waals surface area contributed by atoms with Crippen LogP contribution in [0.5, 0.6) is 5.75 Å². The van der Waals surface area contributed by atoms with Crippen LogP contribution in [-0.4, -0.2) is 18.8 Å². The second-order valence-corrected chi connectivity index (χ2v) is 5.97. The largest absolute Gasteiger partial charge is 0.497 e. The monoisotopic (exact) mass is 375 g/mol. The summed E-state index contributed by atoms with van der Waals surface area (Å²) in [7, 11) is 1.61. The van der Waals surface area contributed by atoms with Gasteiger partial charge in [-0.2, -0.15) is 0 Å². The zero-order valence-electron chi connectivity index (χ0n) is 12.8. The minimum Gasteiger partial charge on any atom is -0.497 e. The van der Waals surface area contributed by atoms with Gasteiger partial charge in [-0.15, -0.1) is 0 Å². The summed E-state index contributed by atoms with van der Waals surface area (Å²) in [6.45, 7) is 0.440. The molecule has 0 aliphatic carbocycles. The number of nitrogens with one attached hydrogen (secondary N) is 1. The molecule has 2 rings (SSSR count). The van der Waals surface area contributed by atoms with E-state index in [1.54, 1.807) is 19.2 Å². The fraction of sp³-hybridized carbons (Fsp3) is 0.222. The highest BCUT2D eigenvalue weighted by molar-refractivity contribution is 9.10. The Labute approximate surface area is 144 Å². The molecule has 0 radical (unpaired) electrons. The van der Waals surface area contributed by atoms with Crippen molar-refractivity contribution in [3.8, 4) is 5.75 Å². The summed E-state index contributed by atoms with van der Waals surface area (Å²) in [5, 5.41) is 2.81. The fourth-order valence-corrected chi connectivity index (χ4v) is 2.30. The van der Waals surface area contributed by atoms with Gasteiger partial charge in [0.1, 0.15) is 5.75 Å². The molecule has 2 aromatic carbocycles. The highest BCUT2D eigenvalue weighted by Gasteiger charge is 2.09. The van der Waals surface area contributed by atoms with Gasteiger partial charge in [-0.05, 0) is 29.8 Å². The molecule has 23 heavy (non-hydrogen) atoms. The molecular formula is C18H18BrNO3. The van der Waals surface area contributed by atoms with Crippen molar-refractivity contribution in [2.24, 2.45) is 0 Å². The second-order valence-electron chi connectivity index (χ2n) is 5.05. The summed E-state index contributed by atoms with van der Waals surface area (Å²) in [6.07, 6.45) is 0.390. The first-order chi connectivity index (χ1) is 11.1. The second kappa shape index (κ2) is 8.48. The van der Waals surface area contributed by atoms with Crippen LogP contribution in [0.25, 0.3) is 0 Å². The molecule has 0 bridgehead atoms. The predicted octanol–water partition coefficient (Wildman–Crippen LogP) is 3.74. The Morgan fingerprint density at radius 2 is 1.65 bits per heavy atom. The number of hydrogen-bond donors (Lipinski definition) is 1. The van der Waals surface area contributed by atoms with Crippen LogP contribution in [0, 0.1) is 0 Å². The van der Waals surface area contributed by atoms with Gasteiger partial charge in [0.2, 0.25) is 5.91 Å². The summed E-state index contributed by atoms with van der Waals surface area (Å²) >= 11 is 3.33. The van der Waals surface area contributed by atoms with E-state index in [4.69, 9.17) is 4.74 Å². The lowest BCUT2D eigenvalue weighted by molar-refractivity contribution is -0.121. The lowest BCUT2D eigenvalue weighted by atomic mass is 10.1. The van der Waals surface area contributed by atoms with Gasteiger partial charge in [0.05, 0.1) is 7.11 Å². The topological polar surface area (TPSA) is 55.4 Å². The van der Waals surface area contributed by atoms with E-state index in [0.29, 0.717) is 12.1 Å². The molecule has 0 fully saturated rings. The van der Waals surface area contributed by atoms with Crippen molar-refractivity contribution in [2.75, 3.05) is 7.11 Å². The first-order valence-electron chi connectivity index (χ1n) is 7.27. The zero-order chi connectivity index (χ0) is 16.7. The maximum absolute atomic E-state index is 12.0. The summed E-state index contributed by atoms with van der Waals surface area (Å²) in [4.78, 5) is 23.8. The van der Waals surface area contributed by atoms with Crippen LogP contribution in [0.1, 0.15) is 28.8 Å². The van der Waals surface area contributed by atoms with E-state index in [9.17, 15) is 9.59 Å². The highest BCUT2D eigenvalue weighted by atomic mass is 79.9. The van der Waals surface area contributed by atoms with Gasteiger partial charge < -0.3 is 10.1 Å². The van der Waals surface area contributed by atoms with Crippen LogP contribution in [0.15, 0.2) is 53.0 Å². The Kier molecular flexibility index (Phi) is 6.35.